The molecule has 0 heterocycles. The molecule has 130 valence electrons. The molecule has 0 aliphatic heterocycles. The van der Waals surface area contributed by atoms with Crippen LogP contribution in [0.2, 0.25) is 0 Å². The maximum Gasteiger partial charge on any atom is 0.251 e. The fraction of sp³-hybridized carbons (Fsp3) is 0.200. The van der Waals surface area contributed by atoms with Crippen LogP contribution in [0.5, 0.6) is 5.75 Å². The first-order chi connectivity index (χ1) is 12.1. The molecule has 2 aromatic rings. The van der Waals surface area contributed by atoms with Gasteiger partial charge >= 0.3 is 0 Å². The Morgan fingerprint density at radius 3 is 2.52 bits per heavy atom. The highest BCUT2D eigenvalue weighted by molar-refractivity contribution is 6.03. The lowest BCUT2D eigenvalue weighted by molar-refractivity contribution is -0.111. The number of nitrogens with one attached hydrogen (secondary N) is 2. The van der Waals surface area contributed by atoms with Crippen LogP contribution in [0.4, 0.5) is 5.69 Å². The standard InChI is InChI=1S/C20H22N2O3/c1-3-21-20(24)16-6-5-7-17(14-16)22-19(23)13-10-15-8-11-18(12-9-15)25-4-2/h5-14H,3-4H2,1-2H3,(H,21,24)(H,22,23)/b13-10+. The molecule has 2 amide bonds. The summed E-state index contributed by atoms with van der Waals surface area (Å²) < 4.78 is 5.38. The average Bonchev–Trinajstić information content (AvgIpc) is 2.62. The lowest BCUT2D eigenvalue weighted by Crippen LogP contribution is -2.22. The zero-order valence-electron chi connectivity index (χ0n) is 14.4. The van der Waals surface area contributed by atoms with E-state index in [1.54, 1.807) is 30.3 Å². The van der Waals surface area contributed by atoms with Crippen molar-refractivity contribution in [3.63, 3.8) is 0 Å². The van der Waals surface area contributed by atoms with Gasteiger partial charge in [-0.2, -0.15) is 0 Å². The molecule has 0 spiro atoms. The number of ether oxygens (including phenoxy) is 1. The van der Waals surface area contributed by atoms with Gasteiger partial charge in [0.2, 0.25) is 5.91 Å². The van der Waals surface area contributed by atoms with E-state index in [-0.39, 0.29) is 11.8 Å². The number of rotatable bonds is 7. The van der Waals surface area contributed by atoms with Crippen LogP contribution in [0.3, 0.4) is 0 Å². The fourth-order valence-corrected chi connectivity index (χ4v) is 2.20. The minimum absolute atomic E-state index is 0.163. The van der Waals surface area contributed by atoms with Crippen molar-refractivity contribution < 1.29 is 14.3 Å². The van der Waals surface area contributed by atoms with Crippen LogP contribution in [0, 0.1) is 0 Å². The first-order valence-electron chi connectivity index (χ1n) is 8.22. The van der Waals surface area contributed by atoms with Crippen molar-refractivity contribution in [3.8, 4) is 5.75 Å². The maximum absolute atomic E-state index is 12.0. The van der Waals surface area contributed by atoms with Crippen LogP contribution in [-0.2, 0) is 4.79 Å². The van der Waals surface area contributed by atoms with Crippen LogP contribution in [0.25, 0.3) is 6.08 Å². The molecular weight excluding hydrogens is 316 g/mol. The van der Waals surface area contributed by atoms with E-state index >= 15 is 0 Å². The Morgan fingerprint density at radius 2 is 1.84 bits per heavy atom. The van der Waals surface area contributed by atoms with Crippen LogP contribution in [0.1, 0.15) is 29.8 Å². The Labute approximate surface area is 147 Å². The molecule has 0 atom stereocenters. The van der Waals surface area contributed by atoms with Gasteiger partial charge < -0.3 is 15.4 Å². The summed E-state index contributed by atoms with van der Waals surface area (Å²) in [4.78, 5) is 23.9. The van der Waals surface area contributed by atoms with Crippen LogP contribution in [-0.4, -0.2) is 25.0 Å². The molecule has 0 aliphatic rings. The first-order valence-corrected chi connectivity index (χ1v) is 8.22. The topological polar surface area (TPSA) is 67.4 Å². The second-order valence-corrected chi connectivity index (χ2v) is 5.26. The maximum atomic E-state index is 12.0. The molecule has 2 rings (SSSR count). The lowest BCUT2D eigenvalue weighted by Gasteiger charge is -2.06. The summed E-state index contributed by atoms with van der Waals surface area (Å²) in [6, 6.07) is 14.3. The second kappa shape index (κ2) is 9.27. The zero-order chi connectivity index (χ0) is 18.1. The minimum atomic E-state index is -0.262. The first kappa shape index (κ1) is 18.3. The highest BCUT2D eigenvalue weighted by Gasteiger charge is 2.05. The predicted molar refractivity (Wildman–Crippen MR) is 99.7 cm³/mol. The van der Waals surface area contributed by atoms with Crippen molar-refractivity contribution in [1.82, 2.24) is 5.32 Å². The summed E-state index contributed by atoms with van der Waals surface area (Å²) in [5, 5.41) is 5.48. The molecule has 0 aromatic heterocycles. The van der Waals surface area contributed by atoms with E-state index < -0.39 is 0 Å². The Bertz CT molecular complexity index is 752. The molecule has 0 unspecified atom stereocenters. The Balaban J connectivity index is 1.97. The van der Waals surface area contributed by atoms with Crippen molar-refractivity contribution in [2.24, 2.45) is 0 Å². The Hall–Kier alpha value is -3.08. The largest absolute Gasteiger partial charge is 0.494 e. The van der Waals surface area contributed by atoms with Crippen LogP contribution in [0.15, 0.2) is 54.6 Å². The van der Waals surface area contributed by atoms with Gasteiger partial charge in [0.05, 0.1) is 6.61 Å². The van der Waals surface area contributed by atoms with Gasteiger partial charge in [-0.3, -0.25) is 9.59 Å². The van der Waals surface area contributed by atoms with Crippen molar-refractivity contribution in [2.75, 3.05) is 18.5 Å². The fourth-order valence-electron chi connectivity index (χ4n) is 2.20. The number of hydrogen-bond acceptors (Lipinski definition) is 3. The van der Waals surface area contributed by atoms with Crippen LogP contribution >= 0.6 is 0 Å². The third-order valence-electron chi connectivity index (χ3n) is 3.35. The Morgan fingerprint density at radius 1 is 1.08 bits per heavy atom. The lowest BCUT2D eigenvalue weighted by atomic mass is 10.2. The van der Waals surface area contributed by atoms with E-state index in [4.69, 9.17) is 4.74 Å². The molecule has 0 saturated heterocycles. The third kappa shape index (κ3) is 5.80. The van der Waals surface area contributed by atoms with E-state index in [1.165, 1.54) is 6.08 Å². The second-order valence-electron chi connectivity index (χ2n) is 5.26. The highest BCUT2D eigenvalue weighted by Crippen LogP contribution is 2.14. The van der Waals surface area contributed by atoms with Gasteiger partial charge in [-0.1, -0.05) is 18.2 Å². The van der Waals surface area contributed by atoms with E-state index in [2.05, 4.69) is 10.6 Å². The summed E-state index contributed by atoms with van der Waals surface area (Å²) in [5.74, 6) is 0.372. The normalized spacial score (nSPS) is 10.5. The average molecular weight is 338 g/mol. The SMILES string of the molecule is CCNC(=O)c1cccc(NC(=O)/C=C/c2ccc(OCC)cc2)c1. The molecule has 0 aliphatic carbocycles. The van der Waals surface area contributed by atoms with E-state index in [9.17, 15) is 9.59 Å². The molecule has 0 saturated carbocycles. The van der Waals surface area contributed by atoms with E-state index in [0.717, 1.165) is 11.3 Å². The quantitative estimate of drug-likeness (QED) is 0.760. The van der Waals surface area contributed by atoms with Crippen molar-refractivity contribution in [3.05, 3.63) is 65.7 Å². The van der Waals surface area contributed by atoms with E-state index in [0.29, 0.717) is 24.4 Å². The van der Waals surface area contributed by atoms with Gasteiger partial charge in [0.1, 0.15) is 5.75 Å². The third-order valence-corrected chi connectivity index (χ3v) is 3.35. The zero-order valence-corrected chi connectivity index (χ0v) is 14.4. The Kier molecular flexibility index (Phi) is 6.77. The monoisotopic (exact) mass is 338 g/mol. The molecule has 0 fully saturated rings. The van der Waals surface area contributed by atoms with Gasteiger partial charge in [-0.05, 0) is 55.8 Å². The van der Waals surface area contributed by atoms with Gasteiger partial charge in [-0.15, -0.1) is 0 Å². The summed E-state index contributed by atoms with van der Waals surface area (Å²) in [7, 11) is 0. The molecule has 25 heavy (non-hydrogen) atoms. The van der Waals surface area contributed by atoms with E-state index in [1.807, 2.05) is 38.1 Å². The van der Waals surface area contributed by atoms with Gasteiger partial charge in [0, 0.05) is 23.9 Å². The molecule has 5 nitrogen and oxygen atoms in total. The number of anilines is 1. The smallest absolute Gasteiger partial charge is 0.251 e. The number of amides is 2. The highest BCUT2D eigenvalue weighted by atomic mass is 16.5. The van der Waals surface area contributed by atoms with Crippen molar-refractivity contribution in [1.29, 1.82) is 0 Å². The minimum Gasteiger partial charge on any atom is -0.494 e. The summed E-state index contributed by atoms with van der Waals surface area (Å²) in [6.07, 6.45) is 3.17. The molecule has 0 radical (unpaired) electrons. The summed E-state index contributed by atoms with van der Waals surface area (Å²) >= 11 is 0. The van der Waals surface area contributed by atoms with Crippen molar-refractivity contribution in [2.45, 2.75) is 13.8 Å². The number of benzene rings is 2. The predicted octanol–water partition coefficient (Wildman–Crippen LogP) is 3.49. The molecular formula is C20H22N2O3. The van der Waals surface area contributed by atoms with Gasteiger partial charge in [0.25, 0.3) is 5.91 Å². The van der Waals surface area contributed by atoms with Gasteiger partial charge in [-0.25, -0.2) is 0 Å². The summed E-state index contributed by atoms with van der Waals surface area (Å²) in [6.45, 7) is 4.96. The number of carbonyl (C=O) groups excluding carboxylic acids is 2. The summed E-state index contributed by atoms with van der Waals surface area (Å²) in [5.41, 5.74) is 1.98. The van der Waals surface area contributed by atoms with Gasteiger partial charge in [0.15, 0.2) is 0 Å². The number of carbonyl (C=O) groups is 2. The molecule has 2 N–H and O–H groups in total. The molecule has 2 aromatic carbocycles. The van der Waals surface area contributed by atoms with Crippen molar-refractivity contribution >= 4 is 23.6 Å². The molecule has 5 heteroatoms. The number of hydrogen-bond donors (Lipinski definition) is 2. The molecule has 0 bridgehead atoms. The van der Waals surface area contributed by atoms with Crippen LogP contribution < -0.4 is 15.4 Å².